The Hall–Kier alpha value is -1.22. The molecule has 2 aliphatic rings. The lowest BCUT2D eigenvalue weighted by atomic mass is 9.63. The summed E-state index contributed by atoms with van der Waals surface area (Å²) in [5.74, 6) is 1.43. The molecule has 0 unspecified atom stereocenters. The minimum absolute atomic E-state index is 0.159. The van der Waals surface area contributed by atoms with Crippen molar-refractivity contribution < 1.29 is 14.9 Å². The smallest absolute Gasteiger partial charge is 0.127 e. The molecule has 3 nitrogen and oxygen atoms in total. The van der Waals surface area contributed by atoms with E-state index in [1.165, 1.54) is 0 Å². The second kappa shape index (κ2) is 4.14. The number of aromatic hydroxyl groups is 1. The largest absolute Gasteiger partial charge is 0.508 e. The van der Waals surface area contributed by atoms with Gasteiger partial charge in [-0.2, -0.15) is 0 Å². The van der Waals surface area contributed by atoms with E-state index in [0.717, 1.165) is 36.1 Å². The van der Waals surface area contributed by atoms with Gasteiger partial charge in [-0.1, -0.05) is 0 Å². The Labute approximate surface area is 120 Å². The van der Waals surface area contributed by atoms with Crippen molar-refractivity contribution >= 4 is 0 Å². The first-order chi connectivity index (χ1) is 9.20. The van der Waals surface area contributed by atoms with E-state index in [-0.39, 0.29) is 17.4 Å². The van der Waals surface area contributed by atoms with Crippen LogP contribution in [0.15, 0.2) is 12.1 Å². The number of phenols is 1. The van der Waals surface area contributed by atoms with Gasteiger partial charge in [0.15, 0.2) is 0 Å². The lowest BCUT2D eigenvalue weighted by molar-refractivity contribution is -0.0663. The van der Waals surface area contributed by atoms with E-state index in [9.17, 15) is 10.2 Å². The first kappa shape index (κ1) is 13.7. The third kappa shape index (κ3) is 2.08. The molecule has 2 bridgehead atoms. The predicted octanol–water partition coefficient (Wildman–Crippen LogP) is 3.51. The monoisotopic (exact) mass is 276 g/mol. The highest BCUT2D eigenvalue weighted by Crippen LogP contribution is 2.56. The van der Waals surface area contributed by atoms with Gasteiger partial charge in [-0.05, 0) is 70.6 Å². The molecule has 0 spiro atoms. The quantitative estimate of drug-likeness (QED) is 0.825. The molecule has 0 saturated heterocycles. The molecular weight excluding hydrogens is 252 g/mol. The van der Waals surface area contributed by atoms with Gasteiger partial charge in [0.1, 0.15) is 17.1 Å². The van der Waals surface area contributed by atoms with Crippen molar-refractivity contribution in [3.05, 3.63) is 23.3 Å². The molecule has 0 aromatic heterocycles. The van der Waals surface area contributed by atoms with Crippen molar-refractivity contribution in [1.82, 2.24) is 0 Å². The van der Waals surface area contributed by atoms with Gasteiger partial charge in [-0.3, -0.25) is 0 Å². The topological polar surface area (TPSA) is 49.7 Å². The molecule has 3 rings (SSSR count). The Balaban J connectivity index is 2.14. The van der Waals surface area contributed by atoms with Gasteiger partial charge < -0.3 is 14.9 Å². The molecule has 3 heteroatoms. The molecule has 20 heavy (non-hydrogen) atoms. The van der Waals surface area contributed by atoms with Gasteiger partial charge >= 0.3 is 0 Å². The van der Waals surface area contributed by atoms with E-state index >= 15 is 0 Å². The summed E-state index contributed by atoms with van der Waals surface area (Å²) in [4.78, 5) is 0. The zero-order valence-corrected chi connectivity index (χ0v) is 12.7. The molecule has 0 radical (unpaired) electrons. The second-order valence-electron chi connectivity index (χ2n) is 7.36. The van der Waals surface area contributed by atoms with E-state index in [0.29, 0.717) is 5.75 Å². The maximum Gasteiger partial charge on any atom is 0.127 e. The molecule has 1 heterocycles. The molecule has 1 fully saturated rings. The number of rotatable bonds is 1. The van der Waals surface area contributed by atoms with Crippen molar-refractivity contribution in [3.63, 3.8) is 0 Å². The van der Waals surface area contributed by atoms with Crippen LogP contribution in [0.4, 0.5) is 0 Å². The van der Waals surface area contributed by atoms with Gasteiger partial charge in [-0.15, -0.1) is 0 Å². The number of hydrogen-bond donors (Lipinski definition) is 2. The number of phenolic OH excluding ortho intramolecular Hbond substituents is 1. The summed E-state index contributed by atoms with van der Waals surface area (Å²) >= 11 is 0. The van der Waals surface area contributed by atoms with Crippen LogP contribution in [0.25, 0.3) is 0 Å². The average Bonchev–Trinajstić information content (AvgIpc) is 2.24. The highest BCUT2D eigenvalue weighted by Gasteiger charge is 2.49. The minimum Gasteiger partial charge on any atom is -0.508 e. The van der Waals surface area contributed by atoms with Crippen LogP contribution in [0.3, 0.4) is 0 Å². The van der Waals surface area contributed by atoms with Crippen LogP contribution >= 0.6 is 0 Å². The maximum atomic E-state index is 10.5. The summed E-state index contributed by atoms with van der Waals surface area (Å²) in [5, 5.41) is 20.8. The Morgan fingerprint density at radius 3 is 2.70 bits per heavy atom. The van der Waals surface area contributed by atoms with Gasteiger partial charge in [0.05, 0.1) is 5.60 Å². The molecule has 1 saturated carbocycles. The fraction of sp³-hybridized carbons (Fsp3) is 0.647. The molecule has 0 amide bonds. The molecule has 3 atom stereocenters. The zero-order chi connectivity index (χ0) is 14.7. The summed E-state index contributed by atoms with van der Waals surface area (Å²) in [7, 11) is 0. The fourth-order valence-corrected chi connectivity index (χ4v) is 4.08. The predicted molar refractivity (Wildman–Crippen MR) is 78.3 cm³/mol. The van der Waals surface area contributed by atoms with E-state index < -0.39 is 5.60 Å². The normalized spacial score (nSPS) is 32.5. The lowest BCUT2D eigenvalue weighted by Gasteiger charge is -2.50. The number of fused-ring (bicyclic) bond motifs is 4. The first-order valence-electron chi connectivity index (χ1n) is 7.44. The SMILES string of the molecule is Cc1cc(O)c2c(c1)O[C@@]1(C)CC[C@@H](C(C)(C)O)[C@@H]2C1. The van der Waals surface area contributed by atoms with Crippen molar-refractivity contribution in [2.45, 2.75) is 64.1 Å². The maximum absolute atomic E-state index is 10.5. The van der Waals surface area contributed by atoms with Crippen LogP contribution in [-0.4, -0.2) is 21.4 Å². The van der Waals surface area contributed by atoms with E-state index in [1.54, 1.807) is 6.07 Å². The van der Waals surface area contributed by atoms with Crippen LogP contribution < -0.4 is 4.74 Å². The molecule has 1 aliphatic heterocycles. The lowest BCUT2D eigenvalue weighted by Crippen LogP contribution is -2.49. The van der Waals surface area contributed by atoms with E-state index in [1.807, 2.05) is 26.8 Å². The van der Waals surface area contributed by atoms with Gasteiger partial charge in [0, 0.05) is 11.5 Å². The summed E-state index contributed by atoms with van der Waals surface area (Å²) < 4.78 is 6.17. The number of ether oxygens (including phenoxy) is 1. The average molecular weight is 276 g/mol. The van der Waals surface area contributed by atoms with Crippen molar-refractivity contribution in [1.29, 1.82) is 0 Å². The van der Waals surface area contributed by atoms with Gasteiger partial charge in [-0.25, -0.2) is 0 Å². The number of benzene rings is 1. The molecule has 2 N–H and O–H groups in total. The van der Waals surface area contributed by atoms with Crippen LogP contribution in [0.2, 0.25) is 0 Å². The molecule has 1 aromatic rings. The summed E-state index contributed by atoms with van der Waals surface area (Å²) in [6.45, 7) is 7.86. The van der Waals surface area contributed by atoms with Crippen LogP contribution in [0.5, 0.6) is 11.5 Å². The number of aliphatic hydroxyl groups is 1. The van der Waals surface area contributed by atoms with Crippen molar-refractivity contribution in [3.8, 4) is 11.5 Å². The Morgan fingerprint density at radius 1 is 1.35 bits per heavy atom. The minimum atomic E-state index is -0.738. The van der Waals surface area contributed by atoms with Crippen molar-refractivity contribution in [2.24, 2.45) is 5.92 Å². The summed E-state index contributed by atoms with van der Waals surface area (Å²) in [6, 6.07) is 3.80. The third-order valence-electron chi connectivity index (χ3n) is 5.02. The Kier molecular flexibility index (Phi) is 2.85. The molecule has 110 valence electrons. The first-order valence-corrected chi connectivity index (χ1v) is 7.44. The van der Waals surface area contributed by atoms with Gasteiger partial charge in [0.25, 0.3) is 0 Å². The van der Waals surface area contributed by atoms with Crippen LogP contribution in [-0.2, 0) is 0 Å². The molecule has 1 aliphatic carbocycles. The standard InChI is InChI=1S/C17H24O3/c1-10-7-13(18)15-11-9-17(4,20-14(15)8-10)6-5-12(11)16(2,3)19/h7-8,11-12,18-19H,5-6,9H2,1-4H3/t11-,12+,17-/m0/s1. The molecule has 1 aromatic carbocycles. The fourth-order valence-electron chi connectivity index (χ4n) is 4.08. The highest BCUT2D eigenvalue weighted by molar-refractivity contribution is 5.51. The van der Waals surface area contributed by atoms with Crippen LogP contribution in [0, 0.1) is 12.8 Å². The molecular formula is C17H24O3. The van der Waals surface area contributed by atoms with Crippen LogP contribution in [0.1, 0.15) is 57.1 Å². The van der Waals surface area contributed by atoms with Crippen molar-refractivity contribution in [2.75, 3.05) is 0 Å². The van der Waals surface area contributed by atoms with E-state index in [2.05, 4.69) is 6.92 Å². The number of hydrogen-bond acceptors (Lipinski definition) is 3. The number of aryl methyl sites for hydroxylation is 1. The second-order valence-corrected chi connectivity index (χ2v) is 7.36. The third-order valence-corrected chi connectivity index (χ3v) is 5.02. The van der Waals surface area contributed by atoms with Gasteiger partial charge in [0.2, 0.25) is 0 Å². The Morgan fingerprint density at radius 2 is 2.05 bits per heavy atom. The summed E-state index contributed by atoms with van der Waals surface area (Å²) in [5.41, 5.74) is 0.988. The van der Waals surface area contributed by atoms with E-state index in [4.69, 9.17) is 4.74 Å². The summed E-state index contributed by atoms with van der Waals surface area (Å²) in [6.07, 6.45) is 2.75. The highest BCUT2D eigenvalue weighted by atomic mass is 16.5. The Bertz CT molecular complexity index is 544. The zero-order valence-electron chi connectivity index (χ0n) is 12.7.